The zero-order valence-electron chi connectivity index (χ0n) is 13.2. The van der Waals surface area contributed by atoms with Gasteiger partial charge < -0.3 is 10.3 Å². The van der Waals surface area contributed by atoms with Crippen molar-refractivity contribution in [2.45, 2.75) is 31.5 Å². The van der Waals surface area contributed by atoms with Gasteiger partial charge >= 0.3 is 0 Å². The molecule has 0 aliphatic heterocycles. The Balaban J connectivity index is 1.91. The maximum atomic E-state index is 13.4. The number of anilines is 1. The molecule has 0 unspecified atom stereocenters. The highest BCUT2D eigenvalue weighted by atomic mass is 32.2. The van der Waals surface area contributed by atoms with Gasteiger partial charge in [0.05, 0.1) is 12.9 Å². The Bertz CT molecular complexity index is 865. The summed E-state index contributed by atoms with van der Waals surface area (Å²) in [5, 5.41) is 0.598. The number of nitrogens with two attached hydrogens (primary N) is 1. The third kappa shape index (κ3) is 3.48. The standard InChI is InChI=1S/C16H17F2N5S/c1-2-3-6-24-16-21-14(19)13-15(22-16)23(9-20-13)8-10-4-5-11(17)12(18)7-10/h4-5,7,9H,2-3,6,8H2,1H3,(H2,19,21,22). The van der Waals surface area contributed by atoms with Crippen molar-refractivity contribution in [3.05, 3.63) is 41.7 Å². The zero-order valence-corrected chi connectivity index (χ0v) is 14.0. The van der Waals surface area contributed by atoms with Crippen LogP contribution >= 0.6 is 11.8 Å². The summed E-state index contributed by atoms with van der Waals surface area (Å²) in [6.45, 7) is 2.44. The van der Waals surface area contributed by atoms with E-state index < -0.39 is 11.6 Å². The summed E-state index contributed by atoms with van der Waals surface area (Å²) in [5.41, 5.74) is 7.68. The molecule has 2 heterocycles. The molecule has 3 rings (SSSR count). The van der Waals surface area contributed by atoms with Gasteiger partial charge in [-0.05, 0) is 24.1 Å². The number of imidazole rings is 1. The summed E-state index contributed by atoms with van der Waals surface area (Å²) in [7, 11) is 0. The first kappa shape index (κ1) is 16.6. The van der Waals surface area contributed by atoms with Crippen LogP contribution in [0.1, 0.15) is 25.3 Å². The molecule has 0 saturated carbocycles. The lowest BCUT2D eigenvalue weighted by Crippen LogP contribution is -2.03. The van der Waals surface area contributed by atoms with E-state index in [1.165, 1.54) is 12.1 Å². The van der Waals surface area contributed by atoms with E-state index in [1.54, 1.807) is 22.7 Å². The van der Waals surface area contributed by atoms with Crippen LogP contribution in [-0.4, -0.2) is 25.3 Å². The van der Waals surface area contributed by atoms with Gasteiger partial charge in [-0.3, -0.25) is 0 Å². The zero-order chi connectivity index (χ0) is 17.1. The van der Waals surface area contributed by atoms with Gasteiger partial charge in [0.1, 0.15) is 5.52 Å². The van der Waals surface area contributed by atoms with Crippen LogP contribution < -0.4 is 5.73 Å². The second-order valence-electron chi connectivity index (χ2n) is 5.39. The predicted molar refractivity (Wildman–Crippen MR) is 90.8 cm³/mol. The molecule has 126 valence electrons. The number of rotatable bonds is 6. The van der Waals surface area contributed by atoms with E-state index in [2.05, 4.69) is 21.9 Å². The third-order valence-electron chi connectivity index (χ3n) is 3.54. The molecule has 2 N–H and O–H groups in total. The molecule has 0 atom stereocenters. The molecule has 2 aromatic heterocycles. The van der Waals surface area contributed by atoms with Crippen LogP contribution in [-0.2, 0) is 6.54 Å². The number of aromatic nitrogens is 4. The van der Waals surface area contributed by atoms with Gasteiger partial charge in [-0.2, -0.15) is 0 Å². The SMILES string of the molecule is CCCCSc1nc(N)c2ncn(Cc3ccc(F)c(F)c3)c2n1. The third-order valence-corrected chi connectivity index (χ3v) is 4.47. The van der Waals surface area contributed by atoms with Crippen molar-refractivity contribution in [1.29, 1.82) is 0 Å². The fraction of sp³-hybridized carbons (Fsp3) is 0.312. The first-order valence-electron chi connectivity index (χ1n) is 7.63. The number of halogens is 2. The summed E-state index contributed by atoms with van der Waals surface area (Å²) in [6, 6.07) is 3.81. The Hall–Kier alpha value is -2.22. The second kappa shape index (κ2) is 7.12. The van der Waals surface area contributed by atoms with E-state index in [0.717, 1.165) is 24.7 Å². The molecular formula is C16H17F2N5S. The topological polar surface area (TPSA) is 69.6 Å². The lowest BCUT2D eigenvalue weighted by atomic mass is 10.2. The summed E-state index contributed by atoms with van der Waals surface area (Å²) in [4.78, 5) is 13.0. The van der Waals surface area contributed by atoms with E-state index in [1.807, 2.05) is 0 Å². The highest BCUT2D eigenvalue weighted by molar-refractivity contribution is 7.99. The number of thioether (sulfide) groups is 1. The van der Waals surface area contributed by atoms with Gasteiger partial charge in [0.2, 0.25) is 0 Å². The highest BCUT2D eigenvalue weighted by Crippen LogP contribution is 2.23. The van der Waals surface area contributed by atoms with Crippen LogP contribution in [0.4, 0.5) is 14.6 Å². The van der Waals surface area contributed by atoms with E-state index in [4.69, 9.17) is 5.73 Å². The lowest BCUT2D eigenvalue weighted by Gasteiger charge is -2.06. The molecule has 0 fully saturated rings. The first-order valence-corrected chi connectivity index (χ1v) is 8.62. The number of hydrogen-bond acceptors (Lipinski definition) is 5. The minimum atomic E-state index is -0.873. The minimum Gasteiger partial charge on any atom is -0.382 e. The van der Waals surface area contributed by atoms with Crippen LogP contribution in [0.5, 0.6) is 0 Å². The molecular weight excluding hydrogens is 332 g/mol. The van der Waals surface area contributed by atoms with E-state index >= 15 is 0 Å². The highest BCUT2D eigenvalue weighted by Gasteiger charge is 2.12. The Labute approximate surface area is 142 Å². The van der Waals surface area contributed by atoms with Gasteiger partial charge in [0.15, 0.2) is 28.3 Å². The first-order chi connectivity index (χ1) is 11.6. The van der Waals surface area contributed by atoms with Crippen LogP contribution in [0.25, 0.3) is 11.2 Å². The van der Waals surface area contributed by atoms with Crippen LogP contribution in [0.2, 0.25) is 0 Å². The Kier molecular flexibility index (Phi) is 4.94. The van der Waals surface area contributed by atoms with Crippen LogP contribution in [0.15, 0.2) is 29.7 Å². The van der Waals surface area contributed by atoms with Crippen molar-refractivity contribution >= 4 is 28.7 Å². The molecule has 1 aromatic carbocycles. The Morgan fingerprint density at radius 3 is 2.79 bits per heavy atom. The van der Waals surface area contributed by atoms with E-state index in [0.29, 0.717) is 34.2 Å². The van der Waals surface area contributed by atoms with E-state index in [9.17, 15) is 8.78 Å². The summed E-state index contributed by atoms with van der Waals surface area (Å²) >= 11 is 1.54. The quantitative estimate of drug-likeness (QED) is 0.418. The molecule has 0 aliphatic carbocycles. The maximum Gasteiger partial charge on any atom is 0.191 e. The largest absolute Gasteiger partial charge is 0.382 e. The van der Waals surface area contributed by atoms with Crippen LogP contribution in [0, 0.1) is 11.6 Å². The molecule has 8 heteroatoms. The number of unbranched alkanes of at least 4 members (excludes halogenated alkanes) is 1. The van der Waals surface area contributed by atoms with Crippen molar-refractivity contribution in [2.75, 3.05) is 11.5 Å². The molecule has 3 aromatic rings. The molecule has 0 aliphatic rings. The Morgan fingerprint density at radius 1 is 1.21 bits per heavy atom. The van der Waals surface area contributed by atoms with Gasteiger partial charge in [-0.15, -0.1) is 0 Å². The number of nitrogens with zero attached hydrogens (tertiary/aromatic N) is 4. The van der Waals surface area contributed by atoms with Crippen molar-refractivity contribution in [2.24, 2.45) is 0 Å². The number of fused-ring (bicyclic) bond motifs is 1. The average Bonchev–Trinajstić information content (AvgIpc) is 2.95. The molecule has 0 radical (unpaired) electrons. The van der Waals surface area contributed by atoms with Gasteiger partial charge in [-0.25, -0.2) is 23.7 Å². The summed E-state index contributed by atoms with van der Waals surface area (Å²) in [6.07, 6.45) is 3.75. The van der Waals surface area contributed by atoms with Gasteiger partial charge in [-0.1, -0.05) is 31.2 Å². The van der Waals surface area contributed by atoms with Crippen molar-refractivity contribution < 1.29 is 8.78 Å². The normalized spacial score (nSPS) is 11.3. The summed E-state index contributed by atoms with van der Waals surface area (Å²) < 4.78 is 28.2. The molecule has 0 amide bonds. The second-order valence-corrected chi connectivity index (χ2v) is 6.45. The number of benzene rings is 1. The van der Waals surface area contributed by atoms with Crippen molar-refractivity contribution in [3.63, 3.8) is 0 Å². The summed E-state index contributed by atoms with van der Waals surface area (Å²) in [5.74, 6) is -0.501. The molecule has 24 heavy (non-hydrogen) atoms. The van der Waals surface area contributed by atoms with Crippen LogP contribution in [0.3, 0.4) is 0 Å². The fourth-order valence-electron chi connectivity index (χ4n) is 2.27. The Morgan fingerprint density at radius 2 is 2.04 bits per heavy atom. The van der Waals surface area contributed by atoms with E-state index in [-0.39, 0.29) is 0 Å². The number of hydrogen-bond donors (Lipinski definition) is 1. The molecule has 0 bridgehead atoms. The minimum absolute atomic E-state index is 0.322. The maximum absolute atomic E-state index is 13.4. The average molecular weight is 349 g/mol. The lowest BCUT2D eigenvalue weighted by molar-refractivity contribution is 0.506. The predicted octanol–water partition coefficient (Wildman–Crippen LogP) is 3.63. The van der Waals surface area contributed by atoms with Crippen molar-refractivity contribution in [1.82, 2.24) is 19.5 Å². The molecule has 0 saturated heterocycles. The number of nitrogen functional groups attached to an aromatic ring is 1. The monoisotopic (exact) mass is 349 g/mol. The smallest absolute Gasteiger partial charge is 0.191 e. The molecule has 5 nitrogen and oxygen atoms in total. The molecule has 0 spiro atoms. The van der Waals surface area contributed by atoms with Gasteiger partial charge in [0.25, 0.3) is 0 Å². The van der Waals surface area contributed by atoms with Crippen molar-refractivity contribution in [3.8, 4) is 0 Å². The fourth-order valence-corrected chi connectivity index (χ4v) is 3.20. The van der Waals surface area contributed by atoms with Gasteiger partial charge in [0, 0.05) is 5.75 Å².